The zero-order valence-electron chi connectivity index (χ0n) is 19.2. The van der Waals surface area contributed by atoms with Gasteiger partial charge in [0, 0.05) is 6.04 Å². The number of hydrogen-bond donors (Lipinski definition) is 1. The molecule has 0 unspecified atom stereocenters. The van der Waals surface area contributed by atoms with Crippen LogP contribution in [0.1, 0.15) is 50.4 Å². The summed E-state index contributed by atoms with van der Waals surface area (Å²) in [4.78, 5) is 12.6. The van der Waals surface area contributed by atoms with Gasteiger partial charge in [-0.05, 0) is 47.2 Å². The summed E-state index contributed by atoms with van der Waals surface area (Å²) < 4.78 is 31.3. The second-order valence-electron chi connectivity index (χ2n) is 9.28. The second-order valence-corrected chi connectivity index (χ2v) is 12.0. The maximum Gasteiger partial charge on any atom is 0.308 e. The molecule has 7 heteroatoms. The Labute approximate surface area is 198 Å². The highest BCUT2D eigenvalue weighted by Crippen LogP contribution is 2.26. The van der Waals surface area contributed by atoms with Crippen LogP contribution in [0, 0.1) is 0 Å². The van der Waals surface area contributed by atoms with E-state index < -0.39 is 10.0 Å². The molecule has 0 bridgehead atoms. The van der Waals surface area contributed by atoms with Gasteiger partial charge in [-0.15, -0.1) is 0 Å². The van der Waals surface area contributed by atoms with Gasteiger partial charge in [-0.3, -0.25) is 9.36 Å². The number of aromatic nitrogens is 1. The van der Waals surface area contributed by atoms with Gasteiger partial charge in [0.1, 0.15) is 0 Å². The van der Waals surface area contributed by atoms with Crippen LogP contribution in [-0.2, 0) is 22.0 Å². The summed E-state index contributed by atoms with van der Waals surface area (Å²) in [5.41, 5.74) is 3.88. The standard InChI is InChI=1S/C26H28N2O3S2/c1-18(20-10-12-21(13-11-20)26(2,3)4)27-33(30,31)22-14-15-23-24(16-22)32-25(29)28(23)17-19-8-6-5-7-9-19/h5-16,18,27H,17H2,1-4H3/t18-/m0/s1. The van der Waals surface area contributed by atoms with Crippen molar-refractivity contribution >= 4 is 31.6 Å². The molecule has 0 amide bonds. The summed E-state index contributed by atoms with van der Waals surface area (Å²) in [5.74, 6) is 0. The third-order valence-corrected chi connectivity index (χ3v) is 8.22. The van der Waals surface area contributed by atoms with E-state index in [1.165, 1.54) is 5.56 Å². The third-order valence-electron chi connectivity index (χ3n) is 5.74. The Morgan fingerprint density at radius 1 is 0.970 bits per heavy atom. The van der Waals surface area contributed by atoms with Gasteiger partial charge in [-0.1, -0.05) is 86.7 Å². The number of hydrogen-bond acceptors (Lipinski definition) is 4. The molecule has 0 spiro atoms. The summed E-state index contributed by atoms with van der Waals surface area (Å²) in [5, 5.41) is 0. The Morgan fingerprint density at radius 3 is 2.27 bits per heavy atom. The Kier molecular flexibility index (Phi) is 6.31. The van der Waals surface area contributed by atoms with Gasteiger partial charge in [-0.25, -0.2) is 13.1 Å². The lowest BCUT2D eigenvalue weighted by molar-refractivity contribution is 0.566. The van der Waals surface area contributed by atoms with Crippen molar-refractivity contribution in [3.63, 3.8) is 0 Å². The number of thiazole rings is 1. The number of benzene rings is 3. The summed E-state index contributed by atoms with van der Waals surface area (Å²) >= 11 is 1.06. The molecule has 1 N–H and O–H groups in total. The fraction of sp³-hybridized carbons (Fsp3) is 0.269. The lowest BCUT2D eigenvalue weighted by Gasteiger charge is -2.20. The fourth-order valence-corrected chi connectivity index (χ4v) is 6.03. The van der Waals surface area contributed by atoms with Gasteiger partial charge in [0.2, 0.25) is 10.0 Å². The highest BCUT2D eigenvalue weighted by atomic mass is 32.2. The number of rotatable bonds is 6. The first-order valence-electron chi connectivity index (χ1n) is 10.8. The van der Waals surface area contributed by atoms with Crippen molar-refractivity contribution in [1.82, 2.24) is 9.29 Å². The van der Waals surface area contributed by atoms with Crippen LogP contribution in [0.25, 0.3) is 10.2 Å². The molecule has 1 heterocycles. The molecule has 0 aliphatic heterocycles. The number of fused-ring (bicyclic) bond motifs is 1. The van der Waals surface area contributed by atoms with E-state index in [1.54, 1.807) is 22.8 Å². The molecule has 172 valence electrons. The molecule has 0 saturated heterocycles. The average molecular weight is 481 g/mol. The predicted octanol–water partition coefficient (Wildman–Crippen LogP) is 5.45. The van der Waals surface area contributed by atoms with E-state index in [-0.39, 0.29) is 21.2 Å². The maximum atomic E-state index is 13.1. The monoisotopic (exact) mass is 480 g/mol. The van der Waals surface area contributed by atoms with Crippen molar-refractivity contribution in [1.29, 1.82) is 0 Å². The zero-order chi connectivity index (χ0) is 23.8. The normalized spacial score (nSPS) is 13.3. The molecular formula is C26H28N2O3S2. The highest BCUT2D eigenvalue weighted by molar-refractivity contribution is 7.89. The van der Waals surface area contributed by atoms with Crippen molar-refractivity contribution in [3.8, 4) is 0 Å². The fourth-order valence-electron chi connectivity index (χ4n) is 3.77. The van der Waals surface area contributed by atoms with Gasteiger partial charge < -0.3 is 0 Å². The second kappa shape index (κ2) is 8.89. The van der Waals surface area contributed by atoms with Crippen LogP contribution >= 0.6 is 11.3 Å². The molecule has 1 atom stereocenters. The van der Waals surface area contributed by atoms with Crippen LogP contribution in [0.5, 0.6) is 0 Å². The van der Waals surface area contributed by atoms with Crippen LogP contribution in [0.3, 0.4) is 0 Å². The first kappa shape index (κ1) is 23.4. The quantitative estimate of drug-likeness (QED) is 0.399. The Bertz CT molecular complexity index is 1430. The first-order chi connectivity index (χ1) is 15.5. The number of nitrogens with one attached hydrogen (secondary N) is 1. The van der Waals surface area contributed by atoms with Crippen molar-refractivity contribution < 1.29 is 8.42 Å². The lowest BCUT2D eigenvalue weighted by Crippen LogP contribution is -2.27. The molecule has 3 aromatic carbocycles. The van der Waals surface area contributed by atoms with E-state index in [0.717, 1.165) is 28.0 Å². The van der Waals surface area contributed by atoms with Gasteiger partial charge in [0.25, 0.3) is 0 Å². The van der Waals surface area contributed by atoms with Gasteiger partial charge in [0.15, 0.2) is 0 Å². The minimum absolute atomic E-state index is 0.0369. The molecule has 33 heavy (non-hydrogen) atoms. The van der Waals surface area contributed by atoms with Crippen LogP contribution in [-0.4, -0.2) is 13.0 Å². The Morgan fingerprint density at radius 2 is 1.64 bits per heavy atom. The Hall–Kier alpha value is -2.74. The van der Waals surface area contributed by atoms with Gasteiger partial charge >= 0.3 is 4.87 Å². The third kappa shape index (κ3) is 5.11. The predicted molar refractivity (Wildman–Crippen MR) is 136 cm³/mol. The number of nitrogens with zero attached hydrogens (tertiary/aromatic N) is 1. The number of sulfonamides is 1. The van der Waals surface area contributed by atoms with E-state index in [2.05, 4.69) is 25.5 Å². The SMILES string of the molecule is C[C@H](NS(=O)(=O)c1ccc2c(c1)sc(=O)n2Cc1ccccc1)c1ccc(C(C)(C)C)cc1. The maximum absolute atomic E-state index is 13.1. The van der Waals surface area contributed by atoms with Crippen molar-refractivity contribution in [3.05, 3.63) is 99.2 Å². The first-order valence-corrected chi connectivity index (χ1v) is 13.1. The van der Waals surface area contributed by atoms with Crippen LogP contribution < -0.4 is 9.60 Å². The molecule has 4 aromatic rings. The molecule has 4 rings (SSSR count). The highest BCUT2D eigenvalue weighted by Gasteiger charge is 2.21. The Balaban J connectivity index is 1.58. The minimum Gasteiger partial charge on any atom is -0.294 e. The van der Waals surface area contributed by atoms with Crippen molar-refractivity contribution in [2.24, 2.45) is 0 Å². The molecule has 0 saturated carbocycles. The molecule has 5 nitrogen and oxygen atoms in total. The molecule has 0 fully saturated rings. The van der Waals surface area contributed by atoms with Crippen LogP contribution in [0.4, 0.5) is 0 Å². The molecule has 1 aromatic heterocycles. The lowest BCUT2D eigenvalue weighted by atomic mass is 9.86. The van der Waals surface area contributed by atoms with Crippen molar-refractivity contribution in [2.45, 2.75) is 50.6 Å². The van der Waals surface area contributed by atoms with Crippen LogP contribution in [0.2, 0.25) is 0 Å². The topological polar surface area (TPSA) is 68.2 Å². The summed E-state index contributed by atoms with van der Waals surface area (Å²) in [6.07, 6.45) is 0. The molecule has 0 aliphatic rings. The minimum atomic E-state index is -3.75. The summed E-state index contributed by atoms with van der Waals surface area (Å²) in [6.45, 7) is 8.71. The molecule has 0 radical (unpaired) electrons. The van der Waals surface area contributed by atoms with E-state index in [4.69, 9.17) is 0 Å². The molecule has 0 aliphatic carbocycles. The summed E-state index contributed by atoms with van der Waals surface area (Å²) in [6, 6.07) is 22.2. The smallest absolute Gasteiger partial charge is 0.294 e. The molecular weight excluding hydrogens is 452 g/mol. The van der Waals surface area contributed by atoms with E-state index in [0.29, 0.717) is 11.2 Å². The van der Waals surface area contributed by atoms with E-state index in [9.17, 15) is 13.2 Å². The van der Waals surface area contributed by atoms with Gasteiger partial charge in [0.05, 0.1) is 21.7 Å². The van der Waals surface area contributed by atoms with Gasteiger partial charge in [-0.2, -0.15) is 0 Å². The van der Waals surface area contributed by atoms with E-state index >= 15 is 0 Å². The average Bonchev–Trinajstić information content (AvgIpc) is 3.08. The van der Waals surface area contributed by atoms with Crippen LogP contribution in [0.15, 0.2) is 82.5 Å². The largest absolute Gasteiger partial charge is 0.308 e. The zero-order valence-corrected chi connectivity index (χ0v) is 20.8. The summed E-state index contributed by atoms with van der Waals surface area (Å²) in [7, 11) is -3.75. The van der Waals surface area contributed by atoms with E-state index in [1.807, 2.05) is 61.5 Å². The van der Waals surface area contributed by atoms with Crippen molar-refractivity contribution in [2.75, 3.05) is 0 Å².